The van der Waals surface area contributed by atoms with Crippen molar-refractivity contribution in [2.24, 2.45) is 0 Å². The maximum Gasteiger partial charge on any atom is 0.248 e. The van der Waals surface area contributed by atoms with E-state index in [-0.39, 0.29) is 5.91 Å². The number of carbonyl (C=O) groups excluding carboxylic acids is 1. The van der Waals surface area contributed by atoms with E-state index < -0.39 is 0 Å². The Balaban J connectivity index is 1.40. The second-order valence-corrected chi connectivity index (χ2v) is 6.44. The average molecular weight is 397 g/mol. The number of aromatic nitrogens is 4. The van der Waals surface area contributed by atoms with E-state index in [1.54, 1.807) is 66.6 Å². The van der Waals surface area contributed by atoms with Crippen molar-refractivity contribution in [3.8, 4) is 17.4 Å². The van der Waals surface area contributed by atoms with Crippen LogP contribution in [0, 0.1) is 6.92 Å². The average Bonchev–Trinajstić information content (AvgIpc) is 3.29. The Labute approximate surface area is 173 Å². The van der Waals surface area contributed by atoms with Crippen molar-refractivity contribution in [3.63, 3.8) is 0 Å². The molecule has 2 aromatic carbocycles. The molecule has 30 heavy (non-hydrogen) atoms. The van der Waals surface area contributed by atoms with Gasteiger partial charge in [-0.25, -0.2) is 9.97 Å². The molecule has 0 fully saturated rings. The minimum Gasteiger partial charge on any atom is -0.439 e. The van der Waals surface area contributed by atoms with E-state index in [9.17, 15) is 4.79 Å². The molecule has 0 spiro atoms. The van der Waals surface area contributed by atoms with Crippen LogP contribution in [0.25, 0.3) is 11.9 Å². The van der Waals surface area contributed by atoms with Crippen LogP contribution in [0.5, 0.6) is 11.6 Å². The highest BCUT2D eigenvalue weighted by Crippen LogP contribution is 2.23. The molecule has 0 aliphatic carbocycles. The zero-order chi connectivity index (χ0) is 20.8. The molecule has 0 aliphatic rings. The van der Waals surface area contributed by atoms with E-state index in [0.29, 0.717) is 29.0 Å². The maximum atomic E-state index is 12.1. The highest BCUT2D eigenvalue weighted by atomic mass is 16.5. The molecular formula is C23H19N5O2. The van der Waals surface area contributed by atoms with Gasteiger partial charge in [0.25, 0.3) is 0 Å². The van der Waals surface area contributed by atoms with Crippen molar-refractivity contribution in [1.82, 2.24) is 19.5 Å². The van der Waals surface area contributed by atoms with Gasteiger partial charge in [-0.05, 0) is 42.8 Å². The summed E-state index contributed by atoms with van der Waals surface area (Å²) in [6, 6.07) is 18.5. The van der Waals surface area contributed by atoms with E-state index in [1.165, 1.54) is 6.08 Å². The number of aryl methyl sites for hydroxylation is 1. The number of amides is 1. The number of hydrogen-bond donors (Lipinski definition) is 1. The smallest absolute Gasteiger partial charge is 0.248 e. The Hall–Kier alpha value is -4.26. The summed E-state index contributed by atoms with van der Waals surface area (Å²) >= 11 is 0. The minimum atomic E-state index is -0.205. The molecule has 1 amide bonds. The van der Waals surface area contributed by atoms with Crippen molar-refractivity contribution in [3.05, 3.63) is 96.8 Å². The SMILES string of the molecule is Cc1nc(Oc2ccc(NC(=O)/C=C/c3ccccc3)cc2)cc(-n2ccnc2)n1. The highest BCUT2D eigenvalue weighted by molar-refractivity contribution is 6.01. The quantitative estimate of drug-likeness (QED) is 0.487. The zero-order valence-corrected chi connectivity index (χ0v) is 16.3. The monoisotopic (exact) mass is 397 g/mol. The molecule has 2 aromatic heterocycles. The molecule has 0 unspecified atom stereocenters. The van der Waals surface area contributed by atoms with Gasteiger partial charge in [0.05, 0.1) is 0 Å². The molecule has 7 heteroatoms. The molecule has 0 aliphatic heterocycles. The number of rotatable bonds is 6. The summed E-state index contributed by atoms with van der Waals surface area (Å²) in [5, 5.41) is 2.82. The molecule has 7 nitrogen and oxygen atoms in total. The molecular weight excluding hydrogens is 378 g/mol. The third-order valence-electron chi connectivity index (χ3n) is 4.14. The molecule has 0 radical (unpaired) electrons. The van der Waals surface area contributed by atoms with Crippen molar-refractivity contribution in [2.45, 2.75) is 6.92 Å². The van der Waals surface area contributed by atoms with Crippen LogP contribution in [0.15, 0.2) is 85.5 Å². The summed E-state index contributed by atoms with van der Waals surface area (Å²) in [6.07, 6.45) is 8.41. The van der Waals surface area contributed by atoms with Gasteiger partial charge in [-0.15, -0.1) is 0 Å². The minimum absolute atomic E-state index is 0.205. The number of nitrogens with zero attached hydrogens (tertiary/aromatic N) is 4. The van der Waals surface area contributed by atoms with E-state index in [0.717, 1.165) is 5.56 Å². The summed E-state index contributed by atoms with van der Waals surface area (Å²) in [6.45, 7) is 1.80. The topological polar surface area (TPSA) is 81.9 Å². The lowest BCUT2D eigenvalue weighted by Crippen LogP contribution is -2.07. The summed E-state index contributed by atoms with van der Waals surface area (Å²) in [5.74, 6) is 2.08. The van der Waals surface area contributed by atoms with Gasteiger partial charge < -0.3 is 10.1 Å². The molecule has 148 valence electrons. The Kier molecular flexibility index (Phi) is 5.61. The van der Waals surface area contributed by atoms with Gasteiger partial charge in [0.15, 0.2) is 0 Å². The van der Waals surface area contributed by atoms with Gasteiger partial charge in [-0.3, -0.25) is 9.36 Å². The number of benzene rings is 2. The van der Waals surface area contributed by atoms with Crippen molar-refractivity contribution in [2.75, 3.05) is 5.32 Å². The Morgan fingerprint density at radius 1 is 1.07 bits per heavy atom. The van der Waals surface area contributed by atoms with Crippen molar-refractivity contribution in [1.29, 1.82) is 0 Å². The zero-order valence-electron chi connectivity index (χ0n) is 16.3. The molecule has 0 bridgehead atoms. The summed E-state index contributed by atoms with van der Waals surface area (Å²) in [5.41, 5.74) is 1.63. The largest absolute Gasteiger partial charge is 0.439 e. The molecule has 0 atom stereocenters. The van der Waals surface area contributed by atoms with E-state index >= 15 is 0 Å². The Morgan fingerprint density at radius 3 is 2.60 bits per heavy atom. The van der Waals surface area contributed by atoms with E-state index in [4.69, 9.17) is 4.74 Å². The van der Waals surface area contributed by atoms with Crippen molar-refractivity contribution < 1.29 is 9.53 Å². The lowest BCUT2D eigenvalue weighted by Gasteiger charge is -2.09. The van der Waals surface area contributed by atoms with Crippen molar-refractivity contribution >= 4 is 17.7 Å². The van der Waals surface area contributed by atoms with Gasteiger partial charge >= 0.3 is 0 Å². The van der Waals surface area contributed by atoms with Gasteiger partial charge in [0.2, 0.25) is 11.8 Å². The Bertz CT molecular complexity index is 1150. The molecule has 0 saturated carbocycles. The van der Waals surface area contributed by atoms with E-state index in [1.807, 2.05) is 30.3 Å². The maximum absolute atomic E-state index is 12.1. The van der Waals surface area contributed by atoms with Crippen LogP contribution in [0.3, 0.4) is 0 Å². The van der Waals surface area contributed by atoms with Gasteiger partial charge in [-0.2, -0.15) is 4.98 Å². The fraction of sp³-hybridized carbons (Fsp3) is 0.0435. The van der Waals surface area contributed by atoms with Gasteiger partial charge in [0.1, 0.15) is 23.7 Å². The summed E-state index contributed by atoms with van der Waals surface area (Å²) < 4.78 is 7.63. The first-order valence-electron chi connectivity index (χ1n) is 9.32. The lowest BCUT2D eigenvalue weighted by atomic mass is 10.2. The fourth-order valence-corrected chi connectivity index (χ4v) is 2.75. The first kappa shape index (κ1) is 19.1. The first-order chi connectivity index (χ1) is 14.7. The van der Waals surface area contributed by atoms with Crippen LogP contribution in [-0.4, -0.2) is 25.4 Å². The predicted molar refractivity (Wildman–Crippen MR) is 115 cm³/mol. The van der Waals surface area contributed by atoms with E-state index in [2.05, 4.69) is 20.3 Å². The molecule has 4 rings (SSSR count). The van der Waals surface area contributed by atoms with Crippen LogP contribution in [-0.2, 0) is 4.79 Å². The highest BCUT2D eigenvalue weighted by Gasteiger charge is 2.06. The van der Waals surface area contributed by atoms with Gasteiger partial charge in [0, 0.05) is 30.2 Å². The number of ether oxygens (including phenoxy) is 1. The van der Waals surface area contributed by atoms with Crippen LogP contribution >= 0.6 is 0 Å². The van der Waals surface area contributed by atoms with Crippen LogP contribution in [0.2, 0.25) is 0 Å². The first-order valence-corrected chi connectivity index (χ1v) is 9.32. The fourth-order valence-electron chi connectivity index (χ4n) is 2.75. The standard InChI is InChI=1S/C23H19N5O2/c1-17-25-21(28-14-13-24-16-28)15-23(26-17)30-20-10-8-19(9-11-20)27-22(29)12-7-18-5-3-2-4-6-18/h2-16H,1H3,(H,27,29)/b12-7+. The molecule has 1 N–H and O–H groups in total. The van der Waals surface area contributed by atoms with Crippen LogP contribution in [0.1, 0.15) is 11.4 Å². The van der Waals surface area contributed by atoms with Crippen LogP contribution < -0.4 is 10.1 Å². The summed E-state index contributed by atoms with van der Waals surface area (Å²) in [7, 11) is 0. The molecule has 0 saturated heterocycles. The number of nitrogens with one attached hydrogen (secondary N) is 1. The summed E-state index contributed by atoms with van der Waals surface area (Å²) in [4.78, 5) is 24.8. The molecule has 4 aromatic rings. The Morgan fingerprint density at radius 2 is 1.87 bits per heavy atom. The third-order valence-corrected chi connectivity index (χ3v) is 4.14. The number of anilines is 1. The number of imidazole rings is 1. The second-order valence-electron chi connectivity index (χ2n) is 6.44. The third kappa shape index (κ3) is 4.96. The molecule has 2 heterocycles. The number of carbonyl (C=O) groups is 1. The normalized spacial score (nSPS) is 10.8. The lowest BCUT2D eigenvalue weighted by molar-refractivity contribution is -0.111. The van der Waals surface area contributed by atoms with Crippen LogP contribution in [0.4, 0.5) is 5.69 Å². The second kappa shape index (κ2) is 8.83. The predicted octanol–water partition coefficient (Wildman–Crippen LogP) is 4.41. The number of hydrogen-bond acceptors (Lipinski definition) is 5. The van der Waals surface area contributed by atoms with Gasteiger partial charge in [-0.1, -0.05) is 30.3 Å².